The third-order valence-corrected chi connectivity index (χ3v) is 11.3. The van der Waals surface area contributed by atoms with Gasteiger partial charge in [0.1, 0.15) is 16.4 Å². The maximum atomic E-state index is 14.0. The number of carbonyl (C=O) groups excluding carboxylic acids is 1. The van der Waals surface area contributed by atoms with Gasteiger partial charge in [0.25, 0.3) is 21.6 Å². The number of halogens is 3. The van der Waals surface area contributed by atoms with Gasteiger partial charge in [0.2, 0.25) is 0 Å². The van der Waals surface area contributed by atoms with Crippen molar-refractivity contribution >= 4 is 50.2 Å². The highest BCUT2D eigenvalue weighted by Gasteiger charge is 2.33. The first kappa shape index (κ1) is 35.9. The van der Waals surface area contributed by atoms with Gasteiger partial charge in [0, 0.05) is 54.7 Å². The SMILES string of the molecule is O=C(N=C1c2ccccc2CN1c1ccc(N2CCCC2)c(S(=O)(=O)Nc2cccc(C(F)(F)F)c2)c1)c1ccc(N2CCCCCC2)c([N+](=O)[O-])c1. The normalized spacial score (nSPS) is 17.2. The van der Waals surface area contributed by atoms with Crippen LogP contribution in [0.4, 0.5) is 41.6 Å². The average Bonchev–Trinajstić information content (AvgIpc) is 3.71. The number of nitro groups is 1. The Hall–Kier alpha value is -5.44. The van der Waals surface area contributed by atoms with Crippen molar-refractivity contribution in [3.05, 3.63) is 117 Å². The van der Waals surface area contributed by atoms with Crippen LogP contribution in [0.5, 0.6) is 0 Å². The van der Waals surface area contributed by atoms with Crippen LogP contribution in [0.15, 0.2) is 94.8 Å². The molecule has 1 N–H and O–H groups in total. The second-order valence-electron chi connectivity index (χ2n) is 13.4. The van der Waals surface area contributed by atoms with E-state index >= 15 is 0 Å². The summed E-state index contributed by atoms with van der Waals surface area (Å²) in [5, 5.41) is 12.2. The number of amides is 1. The molecule has 3 aliphatic heterocycles. The molecule has 3 aliphatic rings. The van der Waals surface area contributed by atoms with Gasteiger partial charge in [-0.2, -0.15) is 18.2 Å². The minimum atomic E-state index is -4.67. The van der Waals surface area contributed by atoms with Gasteiger partial charge in [-0.05, 0) is 79.8 Å². The first-order chi connectivity index (χ1) is 25.4. The Labute approximate surface area is 304 Å². The van der Waals surface area contributed by atoms with Crippen LogP contribution < -0.4 is 19.4 Å². The minimum absolute atomic E-state index is 0.0324. The second-order valence-corrected chi connectivity index (χ2v) is 15.0. The number of rotatable bonds is 8. The average molecular weight is 747 g/mol. The van der Waals surface area contributed by atoms with Gasteiger partial charge in [0.15, 0.2) is 0 Å². The molecule has 15 heteroatoms. The van der Waals surface area contributed by atoms with Crippen LogP contribution in [0.25, 0.3) is 0 Å². The van der Waals surface area contributed by atoms with Crippen molar-refractivity contribution in [3.8, 4) is 0 Å². The van der Waals surface area contributed by atoms with E-state index in [0.717, 1.165) is 62.3 Å². The number of nitrogens with zero attached hydrogens (tertiary/aromatic N) is 5. The third-order valence-electron chi connectivity index (χ3n) is 9.85. The van der Waals surface area contributed by atoms with Crippen LogP contribution in [0.2, 0.25) is 0 Å². The Kier molecular flexibility index (Phi) is 9.85. The monoisotopic (exact) mass is 746 g/mol. The molecular weight excluding hydrogens is 710 g/mol. The summed E-state index contributed by atoms with van der Waals surface area (Å²) in [5.74, 6) is -0.479. The molecule has 0 spiro atoms. The van der Waals surface area contributed by atoms with Gasteiger partial charge >= 0.3 is 6.18 Å². The Morgan fingerprint density at radius 1 is 0.792 bits per heavy atom. The maximum Gasteiger partial charge on any atom is 0.416 e. The largest absolute Gasteiger partial charge is 0.416 e. The van der Waals surface area contributed by atoms with E-state index in [1.807, 2.05) is 21.9 Å². The summed E-state index contributed by atoms with van der Waals surface area (Å²) in [4.78, 5) is 35.5. The van der Waals surface area contributed by atoms with Gasteiger partial charge in [-0.15, -0.1) is 0 Å². The van der Waals surface area contributed by atoms with Gasteiger partial charge in [-0.3, -0.25) is 19.6 Å². The smallest absolute Gasteiger partial charge is 0.370 e. The highest BCUT2D eigenvalue weighted by Crippen LogP contribution is 2.38. The molecule has 4 aromatic rings. The maximum absolute atomic E-state index is 14.0. The third kappa shape index (κ3) is 7.56. The lowest BCUT2D eigenvalue weighted by atomic mass is 10.1. The molecule has 53 heavy (non-hydrogen) atoms. The summed E-state index contributed by atoms with van der Waals surface area (Å²) in [6, 6.07) is 20.5. The Balaban J connectivity index is 1.27. The van der Waals surface area contributed by atoms with Crippen LogP contribution in [0, 0.1) is 10.1 Å². The zero-order chi connectivity index (χ0) is 37.3. The van der Waals surface area contributed by atoms with Gasteiger partial charge < -0.3 is 14.7 Å². The molecule has 0 radical (unpaired) electrons. The molecule has 3 heterocycles. The number of alkyl halides is 3. The number of hydrogen-bond acceptors (Lipinski definition) is 7. The Bertz CT molecular complexity index is 2200. The predicted octanol–water partition coefficient (Wildman–Crippen LogP) is 8.00. The first-order valence-electron chi connectivity index (χ1n) is 17.5. The molecule has 0 aromatic heterocycles. The van der Waals surface area contributed by atoms with E-state index in [0.29, 0.717) is 48.8 Å². The molecule has 276 valence electrons. The number of anilines is 4. The second kappa shape index (κ2) is 14.5. The van der Waals surface area contributed by atoms with Crippen molar-refractivity contribution in [2.75, 3.05) is 45.6 Å². The number of benzene rings is 4. The number of carbonyl (C=O) groups is 1. The molecular formula is C38H37F3N6O5S. The summed E-state index contributed by atoms with van der Waals surface area (Å²) in [7, 11) is -4.44. The van der Waals surface area contributed by atoms with Crippen LogP contribution >= 0.6 is 0 Å². The van der Waals surface area contributed by atoms with Crippen molar-refractivity contribution in [1.29, 1.82) is 0 Å². The zero-order valence-corrected chi connectivity index (χ0v) is 29.5. The number of fused-ring (bicyclic) bond motifs is 1. The van der Waals surface area contributed by atoms with E-state index in [4.69, 9.17) is 0 Å². The number of amidine groups is 1. The van der Waals surface area contributed by atoms with Crippen molar-refractivity contribution < 1.29 is 31.3 Å². The standard InChI is InChI=1S/C38H37F3N6O5S/c39-38(40,41)28-11-9-12-29(23-28)43-53(51,52)35-24-30(15-17-33(35)45-20-7-8-21-45)46-25-27-10-3-4-13-31(27)36(46)42-37(48)26-14-16-32(34(22-26)47(49)50)44-18-5-1-2-6-19-44/h3-4,9-17,22-24,43H,1-2,5-8,18-21,25H2. The van der Waals surface area contributed by atoms with E-state index in [1.165, 1.54) is 18.2 Å². The molecule has 11 nitrogen and oxygen atoms in total. The van der Waals surface area contributed by atoms with Gasteiger partial charge in [-0.1, -0.05) is 43.2 Å². The molecule has 0 bridgehead atoms. The molecule has 2 fully saturated rings. The summed E-state index contributed by atoms with van der Waals surface area (Å²) in [5.41, 5.74) is 1.30. The van der Waals surface area contributed by atoms with Crippen molar-refractivity contribution in [2.24, 2.45) is 4.99 Å². The van der Waals surface area contributed by atoms with Crippen molar-refractivity contribution in [2.45, 2.75) is 56.1 Å². The molecule has 7 rings (SSSR count). The lowest BCUT2D eigenvalue weighted by Gasteiger charge is -2.25. The summed E-state index contributed by atoms with van der Waals surface area (Å²) in [6.45, 7) is 2.81. The predicted molar refractivity (Wildman–Crippen MR) is 197 cm³/mol. The summed E-state index contributed by atoms with van der Waals surface area (Å²) >= 11 is 0. The number of hydrogen-bond donors (Lipinski definition) is 1. The first-order valence-corrected chi connectivity index (χ1v) is 19.0. The molecule has 4 aromatic carbocycles. The van der Waals surface area contributed by atoms with E-state index in [2.05, 4.69) is 9.71 Å². The van der Waals surface area contributed by atoms with Crippen molar-refractivity contribution in [3.63, 3.8) is 0 Å². The lowest BCUT2D eigenvalue weighted by Crippen LogP contribution is -2.27. The van der Waals surface area contributed by atoms with Gasteiger partial charge in [0.05, 0.1) is 22.7 Å². The van der Waals surface area contributed by atoms with E-state index in [-0.39, 0.29) is 34.2 Å². The number of nitro benzene ring substituents is 1. The van der Waals surface area contributed by atoms with Crippen LogP contribution in [0.1, 0.15) is 65.6 Å². The molecule has 2 saturated heterocycles. The fraction of sp³-hybridized carbons (Fsp3) is 0.316. The van der Waals surface area contributed by atoms with E-state index in [9.17, 15) is 36.5 Å². The van der Waals surface area contributed by atoms with Crippen LogP contribution in [-0.4, -0.2) is 51.3 Å². The van der Waals surface area contributed by atoms with E-state index < -0.39 is 32.6 Å². The fourth-order valence-corrected chi connectivity index (χ4v) is 8.51. The molecule has 1 amide bonds. The fourth-order valence-electron chi connectivity index (χ4n) is 7.22. The molecule has 0 unspecified atom stereocenters. The molecule has 0 aliphatic carbocycles. The number of sulfonamides is 1. The summed E-state index contributed by atoms with van der Waals surface area (Å²) < 4.78 is 70.8. The highest BCUT2D eigenvalue weighted by atomic mass is 32.2. The Morgan fingerprint density at radius 2 is 1.45 bits per heavy atom. The topological polar surface area (TPSA) is 128 Å². The highest BCUT2D eigenvalue weighted by molar-refractivity contribution is 7.92. The lowest BCUT2D eigenvalue weighted by molar-refractivity contribution is -0.384. The van der Waals surface area contributed by atoms with Crippen molar-refractivity contribution in [1.82, 2.24) is 0 Å². The number of nitrogens with one attached hydrogen (secondary N) is 1. The Morgan fingerprint density at radius 3 is 2.15 bits per heavy atom. The van der Waals surface area contributed by atoms with E-state index in [1.54, 1.807) is 41.3 Å². The molecule has 0 saturated carbocycles. The van der Waals surface area contributed by atoms with Crippen LogP contribution in [0.3, 0.4) is 0 Å². The zero-order valence-electron chi connectivity index (χ0n) is 28.7. The van der Waals surface area contributed by atoms with Crippen LogP contribution in [-0.2, 0) is 22.7 Å². The minimum Gasteiger partial charge on any atom is -0.370 e. The number of aliphatic imine (C=N–C) groups is 1. The molecule has 0 atom stereocenters. The quantitative estimate of drug-likeness (QED) is 0.142. The van der Waals surface area contributed by atoms with Gasteiger partial charge in [-0.25, -0.2) is 8.42 Å². The summed E-state index contributed by atoms with van der Waals surface area (Å²) in [6.07, 6.45) is 0.974.